The lowest BCUT2D eigenvalue weighted by Crippen LogP contribution is -2.42. The van der Waals surface area contributed by atoms with E-state index in [1.807, 2.05) is 72.6 Å². The van der Waals surface area contributed by atoms with Gasteiger partial charge in [0, 0.05) is 43.1 Å². The minimum absolute atomic E-state index is 0.0115. The molecule has 2 aromatic carbocycles. The highest BCUT2D eigenvalue weighted by Crippen LogP contribution is 2.21. The lowest BCUT2D eigenvalue weighted by molar-refractivity contribution is -0.138. The van der Waals surface area contributed by atoms with Gasteiger partial charge in [-0.15, -0.1) is 0 Å². The van der Waals surface area contributed by atoms with Crippen molar-refractivity contribution < 1.29 is 9.59 Å². The van der Waals surface area contributed by atoms with E-state index in [1.165, 1.54) is 0 Å². The van der Waals surface area contributed by atoms with Crippen LogP contribution in [0.5, 0.6) is 0 Å². The molecule has 0 unspecified atom stereocenters. The molecule has 0 saturated carbocycles. The van der Waals surface area contributed by atoms with Gasteiger partial charge in [-0.3, -0.25) is 9.59 Å². The van der Waals surface area contributed by atoms with Crippen molar-refractivity contribution >= 4 is 33.8 Å². The maximum Gasteiger partial charge on any atom is 0.246 e. The number of piperidine rings is 1. The molecule has 4 nitrogen and oxygen atoms in total. The molecule has 0 aromatic heterocycles. The second-order valence-corrected chi connectivity index (χ2v) is 8.08. The molecule has 28 heavy (non-hydrogen) atoms. The maximum atomic E-state index is 12.8. The summed E-state index contributed by atoms with van der Waals surface area (Å²) in [5, 5.41) is 0. The maximum absolute atomic E-state index is 12.8. The van der Waals surface area contributed by atoms with Gasteiger partial charge in [0.1, 0.15) is 0 Å². The van der Waals surface area contributed by atoms with E-state index in [-0.39, 0.29) is 17.7 Å². The number of nitrogens with zero attached hydrogens (tertiary/aromatic N) is 2. The normalized spacial score (nSPS) is 15.0. The number of hydrogen-bond donors (Lipinski definition) is 0. The van der Waals surface area contributed by atoms with E-state index in [0.717, 1.165) is 15.6 Å². The summed E-state index contributed by atoms with van der Waals surface area (Å²) in [6, 6.07) is 17.8. The van der Waals surface area contributed by atoms with Crippen molar-refractivity contribution in [2.75, 3.05) is 20.1 Å². The van der Waals surface area contributed by atoms with E-state index in [4.69, 9.17) is 0 Å². The van der Waals surface area contributed by atoms with Crippen molar-refractivity contribution in [3.8, 4) is 0 Å². The van der Waals surface area contributed by atoms with Gasteiger partial charge in [0.05, 0.1) is 0 Å². The Hall–Kier alpha value is -2.40. The second-order valence-electron chi connectivity index (χ2n) is 7.16. The van der Waals surface area contributed by atoms with Crippen molar-refractivity contribution in [2.24, 2.45) is 5.92 Å². The Bertz CT molecular complexity index is 825. The van der Waals surface area contributed by atoms with Crippen LogP contribution in [-0.4, -0.2) is 41.8 Å². The minimum atomic E-state index is -0.0115. The first kappa shape index (κ1) is 20.3. The first-order valence-corrected chi connectivity index (χ1v) is 10.3. The van der Waals surface area contributed by atoms with Crippen LogP contribution < -0.4 is 0 Å². The molecule has 146 valence electrons. The fourth-order valence-corrected chi connectivity index (χ4v) is 3.70. The molecule has 2 aromatic rings. The Morgan fingerprint density at radius 3 is 2.36 bits per heavy atom. The van der Waals surface area contributed by atoms with Gasteiger partial charge in [-0.2, -0.15) is 0 Å². The Balaban J connectivity index is 1.48. The number of likely N-dealkylation sites (tertiary alicyclic amines) is 1. The molecule has 1 aliphatic rings. The Morgan fingerprint density at radius 1 is 1.07 bits per heavy atom. The average molecular weight is 441 g/mol. The fourth-order valence-electron chi connectivity index (χ4n) is 3.44. The fraction of sp³-hybridized carbons (Fsp3) is 0.304. The van der Waals surface area contributed by atoms with Crippen molar-refractivity contribution in [1.82, 2.24) is 9.80 Å². The van der Waals surface area contributed by atoms with Crippen LogP contribution >= 0.6 is 15.9 Å². The van der Waals surface area contributed by atoms with Crippen molar-refractivity contribution in [2.45, 2.75) is 19.4 Å². The Kier molecular flexibility index (Phi) is 7.04. The minimum Gasteiger partial charge on any atom is -0.341 e. The topological polar surface area (TPSA) is 40.6 Å². The Labute approximate surface area is 175 Å². The third kappa shape index (κ3) is 5.55. The van der Waals surface area contributed by atoms with Gasteiger partial charge in [0.25, 0.3) is 0 Å². The van der Waals surface area contributed by atoms with Gasteiger partial charge in [0.15, 0.2) is 0 Å². The largest absolute Gasteiger partial charge is 0.341 e. The van der Waals surface area contributed by atoms with Gasteiger partial charge < -0.3 is 9.80 Å². The molecule has 1 saturated heterocycles. The van der Waals surface area contributed by atoms with Crippen LogP contribution in [-0.2, 0) is 16.1 Å². The molecule has 1 fully saturated rings. The highest BCUT2D eigenvalue weighted by molar-refractivity contribution is 9.10. The first-order valence-electron chi connectivity index (χ1n) is 9.54. The van der Waals surface area contributed by atoms with Gasteiger partial charge in [-0.1, -0.05) is 58.4 Å². The summed E-state index contributed by atoms with van der Waals surface area (Å²) in [5.41, 5.74) is 2.12. The van der Waals surface area contributed by atoms with E-state index in [1.54, 1.807) is 11.0 Å². The van der Waals surface area contributed by atoms with Crippen LogP contribution in [0.15, 0.2) is 65.1 Å². The van der Waals surface area contributed by atoms with E-state index in [0.29, 0.717) is 32.5 Å². The van der Waals surface area contributed by atoms with Crippen molar-refractivity contribution in [1.29, 1.82) is 0 Å². The first-order chi connectivity index (χ1) is 13.5. The van der Waals surface area contributed by atoms with Gasteiger partial charge in [0.2, 0.25) is 11.8 Å². The quantitative estimate of drug-likeness (QED) is 0.647. The highest BCUT2D eigenvalue weighted by Gasteiger charge is 2.28. The standard InChI is InChI=1S/C23H25BrN2O2/c1-25(17-19-7-10-21(24)11-8-19)23(28)20-13-15-26(16-14-20)22(27)12-9-18-5-3-2-4-6-18/h2-12,20H,13-17H2,1H3/b12-9+. The zero-order valence-electron chi connectivity index (χ0n) is 16.1. The number of amides is 2. The molecule has 0 spiro atoms. The van der Waals surface area contributed by atoms with Crippen LogP contribution in [0.3, 0.4) is 0 Å². The number of carbonyl (C=O) groups is 2. The smallest absolute Gasteiger partial charge is 0.246 e. The molecule has 3 rings (SSSR count). The Morgan fingerprint density at radius 2 is 1.71 bits per heavy atom. The van der Waals surface area contributed by atoms with Gasteiger partial charge in [-0.25, -0.2) is 0 Å². The number of halogens is 1. The molecular formula is C23H25BrN2O2. The molecule has 1 aliphatic heterocycles. The predicted octanol–water partition coefficient (Wildman–Crippen LogP) is 4.36. The molecule has 5 heteroatoms. The average Bonchev–Trinajstić information content (AvgIpc) is 2.74. The SMILES string of the molecule is CN(Cc1ccc(Br)cc1)C(=O)C1CCN(C(=O)/C=C/c2ccccc2)CC1. The molecule has 0 N–H and O–H groups in total. The van der Waals surface area contributed by atoms with Crippen LogP contribution in [0.4, 0.5) is 0 Å². The van der Waals surface area contributed by atoms with Crippen LogP contribution in [0, 0.1) is 5.92 Å². The zero-order valence-corrected chi connectivity index (χ0v) is 17.6. The molecule has 2 amide bonds. The third-order valence-electron chi connectivity index (χ3n) is 5.08. The number of hydrogen-bond acceptors (Lipinski definition) is 2. The summed E-state index contributed by atoms with van der Waals surface area (Å²) < 4.78 is 1.03. The molecule has 0 atom stereocenters. The van der Waals surface area contributed by atoms with E-state index in [2.05, 4.69) is 15.9 Å². The summed E-state index contributed by atoms with van der Waals surface area (Å²) in [6.07, 6.45) is 4.89. The lowest BCUT2D eigenvalue weighted by atomic mass is 9.95. The molecule has 1 heterocycles. The van der Waals surface area contributed by atoms with Gasteiger partial charge in [-0.05, 0) is 42.2 Å². The summed E-state index contributed by atoms with van der Waals surface area (Å²) in [4.78, 5) is 28.8. The monoisotopic (exact) mass is 440 g/mol. The molecule has 0 radical (unpaired) electrons. The summed E-state index contributed by atoms with van der Waals surface area (Å²) in [7, 11) is 1.85. The summed E-state index contributed by atoms with van der Waals surface area (Å²) >= 11 is 3.43. The zero-order chi connectivity index (χ0) is 19.9. The molecule has 0 bridgehead atoms. The van der Waals surface area contributed by atoms with E-state index < -0.39 is 0 Å². The van der Waals surface area contributed by atoms with Crippen LogP contribution in [0.2, 0.25) is 0 Å². The third-order valence-corrected chi connectivity index (χ3v) is 5.61. The van der Waals surface area contributed by atoms with E-state index >= 15 is 0 Å². The van der Waals surface area contributed by atoms with Crippen LogP contribution in [0.1, 0.15) is 24.0 Å². The van der Waals surface area contributed by atoms with Crippen molar-refractivity contribution in [3.63, 3.8) is 0 Å². The molecule has 0 aliphatic carbocycles. The summed E-state index contributed by atoms with van der Waals surface area (Å²) in [6.45, 7) is 1.85. The van der Waals surface area contributed by atoms with Crippen molar-refractivity contribution in [3.05, 3.63) is 76.3 Å². The second kappa shape index (κ2) is 9.69. The number of rotatable bonds is 5. The van der Waals surface area contributed by atoms with Gasteiger partial charge >= 0.3 is 0 Å². The van der Waals surface area contributed by atoms with Crippen LogP contribution in [0.25, 0.3) is 6.08 Å². The number of carbonyl (C=O) groups excluding carboxylic acids is 2. The van der Waals surface area contributed by atoms with E-state index in [9.17, 15) is 9.59 Å². The molecular weight excluding hydrogens is 416 g/mol. The summed E-state index contributed by atoms with van der Waals surface area (Å²) in [5.74, 6) is 0.162. The predicted molar refractivity (Wildman–Crippen MR) is 115 cm³/mol. The highest BCUT2D eigenvalue weighted by atomic mass is 79.9. The number of benzene rings is 2. The lowest BCUT2D eigenvalue weighted by Gasteiger charge is -2.32.